The molecule has 1 aliphatic heterocycles. The van der Waals surface area contributed by atoms with Crippen molar-refractivity contribution in [3.8, 4) is 0 Å². The van der Waals surface area contributed by atoms with Crippen molar-refractivity contribution in [3.05, 3.63) is 35.4 Å². The number of thioether (sulfide) groups is 1. The fourth-order valence-electron chi connectivity index (χ4n) is 3.85. The maximum absolute atomic E-state index is 3.75. The van der Waals surface area contributed by atoms with E-state index in [4.69, 9.17) is 0 Å². The van der Waals surface area contributed by atoms with E-state index < -0.39 is 0 Å². The normalized spacial score (nSPS) is 23.9. The Morgan fingerprint density at radius 1 is 1.20 bits per heavy atom. The van der Waals surface area contributed by atoms with Crippen molar-refractivity contribution in [3.63, 3.8) is 0 Å². The Kier molecular flexibility index (Phi) is 5.06. The molecule has 2 unspecified atom stereocenters. The Morgan fingerprint density at radius 2 is 2.00 bits per heavy atom. The number of benzene rings is 1. The van der Waals surface area contributed by atoms with E-state index in [0.717, 1.165) is 24.4 Å². The molecular formula is C18H27NS. The van der Waals surface area contributed by atoms with Gasteiger partial charge in [0.15, 0.2) is 0 Å². The fourth-order valence-corrected chi connectivity index (χ4v) is 5.06. The molecule has 1 aromatic carbocycles. The summed E-state index contributed by atoms with van der Waals surface area (Å²) in [4.78, 5) is 0. The smallest absolute Gasteiger partial charge is 0.00755 e. The Balaban J connectivity index is 1.55. The van der Waals surface area contributed by atoms with Gasteiger partial charge < -0.3 is 5.32 Å². The molecule has 1 heterocycles. The number of hydrogen-bond acceptors (Lipinski definition) is 2. The van der Waals surface area contributed by atoms with Gasteiger partial charge in [0.2, 0.25) is 0 Å². The Labute approximate surface area is 127 Å². The standard InChI is InChI=1S/C18H27NS/c1-2-19-17(11-14-7-9-20-10-8-14)13-16-12-15-5-3-4-6-18(15)16/h3-6,14,16-17,19H,2,7-13H2,1H3. The summed E-state index contributed by atoms with van der Waals surface area (Å²) in [5.74, 6) is 4.55. The maximum atomic E-state index is 3.75. The molecular weight excluding hydrogens is 262 g/mol. The van der Waals surface area contributed by atoms with Crippen LogP contribution < -0.4 is 5.32 Å². The summed E-state index contributed by atoms with van der Waals surface area (Å²) in [5.41, 5.74) is 3.21. The van der Waals surface area contributed by atoms with Gasteiger partial charge in [-0.2, -0.15) is 11.8 Å². The lowest BCUT2D eigenvalue weighted by Gasteiger charge is -2.35. The second kappa shape index (κ2) is 7.00. The molecule has 0 amide bonds. The number of nitrogens with one attached hydrogen (secondary N) is 1. The maximum Gasteiger partial charge on any atom is 0.00755 e. The molecule has 2 atom stereocenters. The van der Waals surface area contributed by atoms with Crippen LogP contribution in [-0.4, -0.2) is 24.1 Å². The van der Waals surface area contributed by atoms with Crippen LogP contribution >= 0.6 is 11.8 Å². The van der Waals surface area contributed by atoms with Crippen molar-refractivity contribution in [1.29, 1.82) is 0 Å². The first-order valence-electron chi connectivity index (χ1n) is 8.25. The third-order valence-corrected chi connectivity index (χ3v) is 6.03. The minimum absolute atomic E-state index is 0.728. The Hall–Kier alpha value is -0.470. The summed E-state index contributed by atoms with van der Waals surface area (Å²) >= 11 is 2.14. The molecule has 0 aromatic heterocycles. The van der Waals surface area contributed by atoms with E-state index in [1.807, 2.05) is 0 Å². The van der Waals surface area contributed by atoms with Gasteiger partial charge in [-0.25, -0.2) is 0 Å². The zero-order chi connectivity index (χ0) is 13.8. The lowest BCUT2D eigenvalue weighted by molar-refractivity contribution is 0.331. The van der Waals surface area contributed by atoms with Gasteiger partial charge in [0.1, 0.15) is 0 Å². The van der Waals surface area contributed by atoms with Crippen molar-refractivity contribution in [2.24, 2.45) is 5.92 Å². The quantitative estimate of drug-likeness (QED) is 0.841. The topological polar surface area (TPSA) is 12.0 Å². The minimum Gasteiger partial charge on any atom is -0.314 e. The average Bonchev–Trinajstić information content (AvgIpc) is 2.46. The van der Waals surface area contributed by atoms with Gasteiger partial charge in [-0.3, -0.25) is 0 Å². The molecule has 1 aliphatic carbocycles. The lowest BCUT2D eigenvalue weighted by atomic mass is 9.73. The SMILES string of the molecule is CCNC(CC1CCSCC1)CC1Cc2ccccc21. The highest BCUT2D eigenvalue weighted by molar-refractivity contribution is 7.99. The first-order valence-corrected chi connectivity index (χ1v) is 9.41. The molecule has 1 nitrogen and oxygen atoms in total. The monoisotopic (exact) mass is 289 g/mol. The van der Waals surface area contributed by atoms with Crippen LogP contribution in [0.4, 0.5) is 0 Å². The predicted molar refractivity (Wildman–Crippen MR) is 89.6 cm³/mol. The van der Waals surface area contributed by atoms with Gasteiger partial charge in [0, 0.05) is 6.04 Å². The van der Waals surface area contributed by atoms with Gasteiger partial charge >= 0.3 is 0 Å². The van der Waals surface area contributed by atoms with E-state index >= 15 is 0 Å². The highest BCUT2D eigenvalue weighted by atomic mass is 32.2. The van der Waals surface area contributed by atoms with Crippen LogP contribution in [0.5, 0.6) is 0 Å². The minimum atomic E-state index is 0.728. The number of rotatable bonds is 6. The van der Waals surface area contributed by atoms with Crippen molar-refractivity contribution >= 4 is 11.8 Å². The van der Waals surface area contributed by atoms with E-state index in [2.05, 4.69) is 48.3 Å². The van der Waals surface area contributed by atoms with E-state index in [-0.39, 0.29) is 0 Å². The van der Waals surface area contributed by atoms with E-state index in [9.17, 15) is 0 Å². The van der Waals surface area contributed by atoms with Crippen molar-refractivity contribution < 1.29 is 0 Å². The summed E-state index contributed by atoms with van der Waals surface area (Å²) in [6, 6.07) is 9.74. The summed E-state index contributed by atoms with van der Waals surface area (Å²) in [6.45, 7) is 3.36. The molecule has 20 heavy (non-hydrogen) atoms. The molecule has 0 saturated carbocycles. The van der Waals surface area contributed by atoms with Gasteiger partial charge in [0.25, 0.3) is 0 Å². The van der Waals surface area contributed by atoms with E-state index in [1.54, 1.807) is 11.1 Å². The molecule has 2 heteroatoms. The predicted octanol–water partition coefficient (Wildman–Crippen LogP) is 4.23. The molecule has 110 valence electrons. The summed E-state index contributed by atoms with van der Waals surface area (Å²) in [5, 5.41) is 3.75. The van der Waals surface area contributed by atoms with Crippen LogP contribution in [0, 0.1) is 5.92 Å². The second-order valence-corrected chi connectivity index (χ2v) is 7.61. The number of fused-ring (bicyclic) bond motifs is 1. The van der Waals surface area contributed by atoms with Crippen LogP contribution in [0.3, 0.4) is 0 Å². The van der Waals surface area contributed by atoms with Crippen LogP contribution in [0.1, 0.15) is 49.7 Å². The summed E-state index contributed by atoms with van der Waals surface area (Å²) < 4.78 is 0. The average molecular weight is 289 g/mol. The zero-order valence-corrected chi connectivity index (χ0v) is 13.4. The fraction of sp³-hybridized carbons (Fsp3) is 0.667. The molecule has 0 spiro atoms. The first kappa shape index (κ1) is 14.5. The van der Waals surface area contributed by atoms with Crippen molar-refractivity contribution in [2.75, 3.05) is 18.1 Å². The van der Waals surface area contributed by atoms with Gasteiger partial charge in [-0.05, 0) is 73.1 Å². The molecule has 0 radical (unpaired) electrons. The summed E-state index contributed by atoms with van der Waals surface area (Å²) in [6.07, 6.45) is 6.92. The largest absolute Gasteiger partial charge is 0.314 e. The summed E-state index contributed by atoms with van der Waals surface area (Å²) in [7, 11) is 0. The first-order chi connectivity index (χ1) is 9.86. The van der Waals surface area contributed by atoms with Crippen LogP contribution in [0.25, 0.3) is 0 Å². The van der Waals surface area contributed by atoms with E-state index in [1.165, 1.54) is 43.6 Å². The molecule has 1 aromatic rings. The second-order valence-electron chi connectivity index (χ2n) is 6.38. The third-order valence-electron chi connectivity index (χ3n) is 4.98. The molecule has 3 rings (SSSR count). The van der Waals surface area contributed by atoms with Gasteiger partial charge in [-0.15, -0.1) is 0 Å². The zero-order valence-electron chi connectivity index (χ0n) is 12.6. The molecule has 1 saturated heterocycles. The molecule has 2 aliphatic rings. The van der Waals surface area contributed by atoms with Crippen molar-refractivity contribution in [1.82, 2.24) is 5.32 Å². The molecule has 0 bridgehead atoms. The Morgan fingerprint density at radius 3 is 2.75 bits per heavy atom. The third kappa shape index (κ3) is 3.40. The van der Waals surface area contributed by atoms with Crippen molar-refractivity contribution in [2.45, 2.75) is 51.0 Å². The molecule has 1 fully saturated rings. The van der Waals surface area contributed by atoms with Crippen LogP contribution in [0.15, 0.2) is 24.3 Å². The lowest BCUT2D eigenvalue weighted by Crippen LogP contribution is -2.35. The van der Waals surface area contributed by atoms with Gasteiger partial charge in [0.05, 0.1) is 0 Å². The molecule has 1 N–H and O–H groups in total. The highest BCUT2D eigenvalue weighted by Crippen LogP contribution is 2.39. The highest BCUT2D eigenvalue weighted by Gasteiger charge is 2.29. The van der Waals surface area contributed by atoms with Crippen LogP contribution in [0.2, 0.25) is 0 Å². The number of hydrogen-bond donors (Lipinski definition) is 1. The van der Waals surface area contributed by atoms with Crippen LogP contribution in [-0.2, 0) is 6.42 Å². The van der Waals surface area contributed by atoms with Gasteiger partial charge in [-0.1, -0.05) is 31.2 Å². The van der Waals surface area contributed by atoms with E-state index in [0.29, 0.717) is 0 Å². The Bertz CT molecular complexity index is 425.